The van der Waals surface area contributed by atoms with Crippen molar-refractivity contribution >= 4 is 6.09 Å². The molecule has 0 bridgehead atoms. The van der Waals surface area contributed by atoms with Gasteiger partial charge in [-0.05, 0) is 77.6 Å². The molecule has 5 rings (SSSR count). The van der Waals surface area contributed by atoms with Crippen molar-refractivity contribution in [3.05, 3.63) is 107 Å². The lowest BCUT2D eigenvalue weighted by Crippen LogP contribution is -2.47. The van der Waals surface area contributed by atoms with E-state index in [2.05, 4.69) is 0 Å². The third kappa shape index (κ3) is 6.28. The average Bonchev–Trinajstić information content (AvgIpc) is 3.52. The highest BCUT2D eigenvalue weighted by atomic mass is 19.4. The number of amides is 1. The third-order valence-electron chi connectivity index (χ3n) is 7.61. The first-order chi connectivity index (χ1) is 19.7. The molecule has 2 heterocycles. The van der Waals surface area contributed by atoms with Crippen molar-refractivity contribution in [2.24, 2.45) is 0 Å². The summed E-state index contributed by atoms with van der Waals surface area (Å²) in [6, 6.07) is 23.7. The molecule has 1 aliphatic heterocycles. The smallest absolute Gasteiger partial charge is 0.416 e. The number of nitriles is 1. The minimum atomic E-state index is -4.54. The van der Waals surface area contributed by atoms with E-state index in [0.717, 1.165) is 29.0 Å². The summed E-state index contributed by atoms with van der Waals surface area (Å²) < 4.78 is 52.9. The van der Waals surface area contributed by atoms with E-state index >= 15 is 0 Å². The number of likely N-dealkylation sites (tertiary alicyclic amines) is 1. The fraction of sp³-hybridized carbons (Fsp3) is 0.250. The van der Waals surface area contributed by atoms with Crippen molar-refractivity contribution in [1.29, 1.82) is 5.26 Å². The number of carboxylic acid groups (broad SMARTS) is 1. The van der Waals surface area contributed by atoms with Gasteiger partial charge in [-0.15, -0.1) is 0 Å². The fourth-order valence-electron chi connectivity index (χ4n) is 5.28. The van der Waals surface area contributed by atoms with E-state index in [4.69, 9.17) is 14.4 Å². The van der Waals surface area contributed by atoms with E-state index in [1.165, 1.54) is 4.90 Å². The lowest BCUT2D eigenvalue weighted by molar-refractivity contribution is -0.137. The van der Waals surface area contributed by atoms with Gasteiger partial charge in [-0.25, -0.2) is 4.79 Å². The number of benzene rings is 3. The zero-order valence-corrected chi connectivity index (χ0v) is 22.0. The second-order valence-electron chi connectivity index (χ2n) is 10.2. The summed E-state index contributed by atoms with van der Waals surface area (Å²) in [5, 5.41) is 18.5. The van der Waals surface area contributed by atoms with E-state index in [9.17, 15) is 23.1 Å². The summed E-state index contributed by atoms with van der Waals surface area (Å²) in [5.41, 5.74) is 2.30. The quantitative estimate of drug-likeness (QED) is 0.250. The van der Waals surface area contributed by atoms with Gasteiger partial charge in [-0.2, -0.15) is 18.4 Å². The number of rotatable bonds is 7. The molecule has 9 heteroatoms. The highest BCUT2D eigenvalue weighted by molar-refractivity contribution is 5.66. The summed E-state index contributed by atoms with van der Waals surface area (Å²) in [4.78, 5) is 12.9. The normalized spacial score (nSPS) is 14.9. The second kappa shape index (κ2) is 11.5. The average molecular weight is 561 g/mol. The molecule has 1 amide bonds. The first kappa shape index (κ1) is 28.0. The summed E-state index contributed by atoms with van der Waals surface area (Å²) in [5.74, 6) is 0.727. The summed E-state index contributed by atoms with van der Waals surface area (Å²) in [6.45, 7) is 0.807. The molecule has 0 aliphatic carbocycles. The third-order valence-corrected chi connectivity index (χ3v) is 7.61. The van der Waals surface area contributed by atoms with Crippen LogP contribution in [0.25, 0.3) is 22.5 Å². The zero-order chi connectivity index (χ0) is 29.0. The molecule has 6 nitrogen and oxygen atoms in total. The van der Waals surface area contributed by atoms with Gasteiger partial charge in [0.15, 0.2) is 0 Å². The molecule has 210 valence electrons. The minimum absolute atomic E-state index is 0.0535. The van der Waals surface area contributed by atoms with Crippen LogP contribution >= 0.6 is 0 Å². The molecular weight excluding hydrogens is 533 g/mol. The maximum absolute atomic E-state index is 13.8. The van der Waals surface area contributed by atoms with Crippen LogP contribution in [0.2, 0.25) is 0 Å². The van der Waals surface area contributed by atoms with Crippen LogP contribution < -0.4 is 0 Å². The molecule has 0 spiro atoms. The Hall–Kier alpha value is -4.55. The van der Waals surface area contributed by atoms with E-state index in [0.29, 0.717) is 48.2 Å². The Bertz CT molecular complexity index is 1530. The van der Waals surface area contributed by atoms with E-state index in [-0.39, 0.29) is 13.2 Å². The van der Waals surface area contributed by atoms with Crippen molar-refractivity contribution in [3.8, 4) is 28.5 Å². The van der Waals surface area contributed by atoms with E-state index < -0.39 is 23.2 Å². The molecule has 0 saturated carbocycles. The fourth-order valence-corrected chi connectivity index (χ4v) is 5.28. The van der Waals surface area contributed by atoms with Crippen LogP contribution in [-0.2, 0) is 22.9 Å². The van der Waals surface area contributed by atoms with Gasteiger partial charge in [0.05, 0.1) is 36.7 Å². The van der Waals surface area contributed by atoms with Crippen molar-refractivity contribution in [2.75, 3.05) is 19.7 Å². The number of piperidine rings is 1. The Morgan fingerprint density at radius 3 is 2.24 bits per heavy atom. The number of furan rings is 1. The molecule has 1 saturated heterocycles. The minimum Gasteiger partial charge on any atom is -0.465 e. The molecule has 3 aromatic carbocycles. The van der Waals surface area contributed by atoms with E-state index in [1.807, 2.05) is 36.4 Å². The predicted octanol–water partition coefficient (Wildman–Crippen LogP) is 7.73. The Morgan fingerprint density at radius 1 is 0.976 bits per heavy atom. The number of nitrogens with zero attached hydrogens (tertiary/aromatic N) is 2. The van der Waals surface area contributed by atoms with Gasteiger partial charge in [0.2, 0.25) is 0 Å². The van der Waals surface area contributed by atoms with Gasteiger partial charge in [-0.1, -0.05) is 36.4 Å². The monoisotopic (exact) mass is 560 g/mol. The lowest BCUT2D eigenvalue weighted by Gasteiger charge is -2.41. The Morgan fingerprint density at radius 2 is 1.66 bits per heavy atom. The SMILES string of the molecule is N#Cc1ccc(-c2cc(COCC3(c4ccc(-c5ccco5)cc4)CCN(C(=O)O)CC3)cc(C(F)(F)F)c2)cc1. The van der Waals surface area contributed by atoms with Gasteiger partial charge in [0, 0.05) is 24.1 Å². The van der Waals surface area contributed by atoms with Gasteiger partial charge >= 0.3 is 12.3 Å². The molecule has 1 N–H and O–H groups in total. The van der Waals surface area contributed by atoms with Crippen LogP contribution in [0.5, 0.6) is 0 Å². The van der Waals surface area contributed by atoms with Crippen molar-refractivity contribution in [2.45, 2.75) is 31.0 Å². The van der Waals surface area contributed by atoms with Crippen LogP contribution in [0.1, 0.15) is 35.1 Å². The van der Waals surface area contributed by atoms with Crippen LogP contribution in [0.15, 0.2) is 89.5 Å². The number of alkyl halides is 3. The van der Waals surface area contributed by atoms with Crippen LogP contribution in [0.3, 0.4) is 0 Å². The number of carbonyl (C=O) groups is 1. The van der Waals surface area contributed by atoms with Crippen LogP contribution in [0.4, 0.5) is 18.0 Å². The number of halogens is 3. The lowest BCUT2D eigenvalue weighted by atomic mass is 9.73. The molecular formula is C32H27F3N2O4. The van der Waals surface area contributed by atoms with Crippen molar-refractivity contribution in [1.82, 2.24) is 4.90 Å². The molecule has 1 aliphatic rings. The first-order valence-electron chi connectivity index (χ1n) is 13.1. The Balaban J connectivity index is 1.39. The summed E-state index contributed by atoms with van der Waals surface area (Å²) >= 11 is 0. The number of ether oxygens (including phenoxy) is 1. The number of hydrogen-bond acceptors (Lipinski definition) is 4. The predicted molar refractivity (Wildman–Crippen MR) is 146 cm³/mol. The van der Waals surface area contributed by atoms with E-state index in [1.54, 1.807) is 42.7 Å². The molecule has 1 fully saturated rings. The van der Waals surface area contributed by atoms with Gasteiger partial charge in [0.25, 0.3) is 0 Å². The first-order valence-corrected chi connectivity index (χ1v) is 13.1. The highest BCUT2D eigenvalue weighted by Crippen LogP contribution is 2.38. The van der Waals surface area contributed by atoms with Crippen LogP contribution in [-0.4, -0.2) is 35.8 Å². The second-order valence-corrected chi connectivity index (χ2v) is 10.2. The molecule has 4 aromatic rings. The molecule has 1 aromatic heterocycles. The van der Waals surface area contributed by atoms with Crippen molar-refractivity contribution < 1.29 is 32.2 Å². The standard InChI is InChI=1S/C32H27F3N2O4/c33-32(34,35)28-17-23(16-26(18-28)24-5-3-22(19-36)4-6-24)20-40-21-31(11-13-37(14-12-31)30(38)39)27-9-7-25(8-10-27)29-2-1-15-41-29/h1-10,15-18H,11-14,20-21H2,(H,38,39). The maximum atomic E-state index is 13.8. The largest absolute Gasteiger partial charge is 0.465 e. The molecule has 41 heavy (non-hydrogen) atoms. The topological polar surface area (TPSA) is 86.7 Å². The Labute approximate surface area is 235 Å². The molecule has 0 radical (unpaired) electrons. The molecule has 0 atom stereocenters. The molecule has 0 unspecified atom stereocenters. The van der Waals surface area contributed by atoms with Crippen molar-refractivity contribution in [3.63, 3.8) is 0 Å². The zero-order valence-electron chi connectivity index (χ0n) is 22.0. The summed E-state index contributed by atoms with van der Waals surface area (Å²) in [6.07, 6.45) is -2.90. The van der Waals surface area contributed by atoms with Crippen LogP contribution in [0, 0.1) is 11.3 Å². The maximum Gasteiger partial charge on any atom is 0.416 e. The van der Waals surface area contributed by atoms with Gasteiger partial charge in [-0.3, -0.25) is 0 Å². The Kier molecular flexibility index (Phi) is 7.86. The summed E-state index contributed by atoms with van der Waals surface area (Å²) in [7, 11) is 0. The van der Waals surface area contributed by atoms with Gasteiger partial charge in [0.1, 0.15) is 5.76 Å². The number of hydrogen-bond donors (Lipinski definition) is 1. The van der Waals surface area contributed by atoms with Gasteiger partial charge < -0.3 is 19.2 Å². The highest BCUT2D eigenvalue weighted by Gasteiger charge is 2.38.